The van der Waals surface area contributed by atoms with Crippen LogP contribution in [-0.2, 0) is 14.3 Å². The standard InChI is InChI=1S/C25H30N2O5S/c1-2-7-17(14-24(29)30)27-23(28)16-33-13-12-26-25(31)32-15-22-20-10-5-3-8-18(20)19-9-4-6-11-21(19)22/h3-6,8-11,17,22H,2,7,12-16H2,1H3,(H,26,31)(H,27,28)(H,29,30)/t17-/m0/s1. The van der Waals surface area contributed by atoms with Gasteiger partial charge in [-0.2, -0.15) is 11.8 Å². The van der Waals surface area contributed by atoms with Crippen molar-refractivity contribution < 1.29 is 24.2 Å². The van der Waals surface area contributed by atoms with Crippen molar-refractivity contribution in [1.82, 2.24) is 10.6 Å². The molecule has 7 nitrogen and oxygen atoms in total. The van der Waals surface area contributed by atoms with E-state index in [4.69, 9.17) is 9.84 Å². The number of hydrogen-bond acceptors (Lipinski definition) is 5. The lowest BCUT2D eigenvalue weighted by Crippen LogP contribution is -2.37. The molecule has 0 unspecified atom stereocenters. The van der Waals surface area contributed by atoms with Gasteiger partial charge < -0.3 is 20.5 Å². The number of nitrogens with one attached hydrogen (secondary N) is 2. The van der Waals surface area contributed by atoms with Gasteiger partial charge in [0.15, 0.2) is 0 Å². The van der Waals surface area contributed by atoms with Crippen molar-refractivity contribution in [1.29, 1.82) is 0 Å². The molecule has 0 bridgehead atoms. The van der Waals surface area contributed by atoms with Crippen LogP contribution in [0.2, 0.25) is 0 Å². The Labute approximate surface area is 198 Å². The van der Waals surface area contributed by atoms with Crippen LogP contribution < -0.4 is 10.6 Å². The number of alkyl carbamates (subject to hydrolysis) is 1. The topological polar surface area (TPSA) is 105 Å². The molecule has 0 heterocycles. The van der Waals surface area contributed by atoms with Crippen LogP contribution in [0, 0.1) is 0 Å². The van der Waals surface area contributed by atoms with Crippen molar-refractivity contribution in [2.24, 2.45) is 0 Å². The van der Waals surface area contributed by atoms with Crippen LogP contribution >= 0.6 is 11.8 Å². The monoisotopic (exact) mass is 470 g/mol. The predicted molar refractivity (Wildman–Crippen MR) is 129 cm³/mol. The maximum absolute atomic E-state index is 12.2. The first-order valence-corrected chi connectivity index (χ1v) is 12.3. The van der Waals surface area contributed by atoms with Gasteiger partial charge in [-0.3, -0.25) is 9.59 Å². The second-order valence-electron chi connectivity index (χ2n) is 7.96. The van der Waals surface area contributed by atoms with Gasteiger partial charge >= 0.3 is 12.1 Å². The molecule has 1 aliphatic rings. The molecule has 0 fully saturated rings. The molecule has 2 aromatic carbocycles. The van der Waals surface area contributed by atoms with Crippen LogP contribution in [0.4, 0.5) is 4.79 Å². The minimum atomic E-state index is -0.923. The van der Waals surface area contributed by atoms with Crippen molar-refractivity contribution in [3.63, 3.8) is 0 Å². The van der Waals surface area contributed by atoms with Crippen LogP contribution in [-0.4, -0.2) is 53.8 Å². The van der Waals surface area contributed by atoms with E-state index in [9.17, 15) is 14.4 Å². The Morgan fingerprint density at radius 3 is 2.30 bits per heavy atom. The van der Waals surface area contributed by atoms with Gasteiger partial charge in [0.1, 0.15) is 6.61 Å². The molecule has 8 heteroatoms. The minimum Gasteiger partial charge on any atom is -0.481 e. The first-order valence-electron chi connectivity index (χ1n) is 11.2. The van der Waals surface area contributed by atoms with Crippen LogP contribution in [0.25, 0.3) is 11.1 Å². The number of carboxylic acids is 1. The minimum absolute atomic E-state index is 0.0167. The molecule has 3 rings (SSSR count). The average molecular weight is 471 g/mol. The fourth-order valence-electron chi connectivity index (χ4n) is 4.09. The molecular formula is C25H30N2O5S. The SMILES string of the molecule is CCC[C@@H](CC(=O)O)NC(=O)CSCCNC(=O)OCC1c2ccccc2-c2ccccc21. The molecule has 0 spiro atoms. The van der Waals surface area contributed by atoms with Gasteiger partial charge in [0.05, 0.1) is 12.2 Å². The van der Waals surface area contributed by atoms with Crippen LogP contribution in [0.3, 0.4) is 0 Å². The third-order valence-electron chi connectivity index (χ3n) is 5.52. The highest BCUT2D eigenvalue weighted by Crippen LogP contribution is 2.44. The lowest BCUT2D eigenvalue weighted by molar-refractivity contribution is -0.137. The summed E-state index contributed by atoms with van der Waals surface area (Å²) in [4.78, 5) is 35.1. The van der Waals surface area contributed by atoms with Crippen molar-refractivity contribution in [3.05, 3.63) is 59.7 Å². The number of fused-ring (bicyclic) bond motifs is 3. The number of aliphatic carboxylic acids is 1. The highest BCUT2D eigenvalue weighted by Gasteiger charge is 2.28. The molecular weight excluding hydrogens is 440 g/mol. The lowest BCUT2D eigenvalue weighted by atomic mass is 9.98. The molecule has 1 aliphatic carbocycles. The molecule has 1 atom stereocenters. The first kappa shape index (κ1) is 24.6. The van der Waals surface area contributed by atoms with Crippen molar-refractivity contribution in [2.45, 2.75) is 38.1 Å². The van der Waals surface area contributed by atoms with Crippen LogP contribution in [0.15, 0.2) is 48.5 Å². The molecule has 2 amide bonds. The normalized spacial score (nSPS) is 13.0. The lowest BCUT2D eigenvalue weighted by Gasteiger charge is -2.16. The molecule has 33 heavy (non-hydrogen) atoms. The highest BCUT2D eigenvalue weighted by molar-refractivity contribution is 7.99. The number of benzene rings is 2. The number of rotatable bonds is 12. The molecule has 176 valence electrons. The summed E-state index contributed by atoms with van der Waals surface area (Å²) in [6, 6.07) is 16.0. The number of carbonyl (C=O) groups is 3. The van der Waals surface area contributed by atoms with Gasteiger partial charge in [-0.25, -0.2) is 4.79 Å². The van der Waals surface area contributed by atoms with E-state index in [2.05, 4.69) is 34.9 Å². The van der Waals surface area contributed by atoms with E-state index in [-0.39, 0.29) is 36.6 Å². The fraction of sp³-hybridized carbons (Fsp3) is 0.400. The van der Waals surface area contributed by atoms with Crippen LogP contribution in [0.1, 0.15) is 43.2 Å². The highest BCUT2D eigenvalue weighted by atomic mass is 32.2. The largest absolute Gasteiger partial charge is 0.481 e. The van der Waals surface area contributed by atoms with Crippen molar-refractivity contribution in [3.8, 4) is 11.1 Å². The number of carbonyl (C=O) groups excluding carboxylic acids is 2. The van der Waals surface area contributed by atoms with E-state index in [0.717, 1.165) is 17.5 Å². The van der Waals surface area contributed by atoms with E-state index in [0.29, 0.717) is 18.7 Å². The summed E-state index contributed by atoms with van der Waals surface area (Å²) in [5.74, 6) is -0.334. The Morgan fingerprint density at radius 2 is 1.70 bits per heavy atom. The molecule has 3 N–H and O–H groups in total. The molecule has 2 aromatic rings. The number of carboxylic acid groups (broad SMARTS) is 1. The Bertz CT molecular complexity index is 935. The molecule has 0 saturated carbocycles. The summed E-state index contributed by atoms with van der Waals surface area (Å²) in [5, 5.41) is 14.4. The second kappa shape index (κ2) is 12.3. The Hall–Kier alpha value is -3.00. The zero-order valence-electron chi connectivity index (χ0n) is 18.7. The maximum Gasteiger partial charge on any atom is 0.407 e. The van der Waals surface area contributed by atoms with Gasteiger partial charge in [-0.05, 0) is 28.7 Å². The Kier molecular flexibility index (Phi) is 9.18. The summed E-state index contributed by atoms with van der Waals surface area (Å²) in [7, 11) is 0. The van der Waals surface area contributed by atoms with Crippen molar-refractivity contribution in [2.75, 3.05) is 24.7 Å². The quantitative estimate of drug-likeness (QED) is 0.405. The number of hydrogen-bond donors (Lipinski definition) is 3. The van der Waals surface area contributed by atoms with E-state index in [1.165, 1.54) is 22.9 Å². The fourth-order valence-corrected chi connectivity index (χ4v) is 4.75. The third-order valence-corrected chi connectivity index (χ3v) is 6.47. The predicted octanol–water partition coefficient (Wildman–Crippen LogP) is 4.02. The molecule has 0 radical (unpaired) electrons. The zero-order valence-corrected chi connectivity index (χ0v) is 19.5. The summed E-state index contributed by atoms with van der Waals surface area (Å²) in [6.07, 6.45) is 0.876. The van der Waals surface area contributed by atoms with Gasteiger partial charge in [0.25, 0.3) is 0 Å². The number of amides is 2. The summed E-state index contributed by atoms with van der Waals surface area (Å²) < 4.78 is 5.49. The smallest absolute Gasteiger partial charge is 0.407 e. The van der Waals surface area contributed by atoms with E-state index in [1.54, 1.807) is 0 Å². The van der Waals surface area contributed by atoms with E-state index in [1.807, 2.05) is 31.2 Å². The van der Waals surface area contributed by atoms with Gasteiger partial charge in [0.2, 0.25) is 5.91 Å². The number of ether oxygens (including phenoxy) is 1. The molecule has 0 aliphatic heterocycles. The Morgan fingerprint density at radius 1 is 1.06 bits per heavy atom. The summed E-state index contributed by atoms with van der Waals surface area (Å²) in [6.45, 7) is 2.59. The van der Waals surface area contributed by atoms with E-state index >= 15 is 0 Å². The second-order valence-corrected chi connectivity index (χ2v) is 9.06. The van der Waals surface area contributed by atoms with Crippen LogP contribution in [0.5, 0.6) is 0 Å². The van der Waals surface area contributed by atoms with Gasteiger partial charge in [-0.15, -0.1) is 0 Å². The first-order chi connectivity index (χ1) is 16.0. The zero-order chi connectivity index (χ0) is 23.6. The average Bonchev–Trinajstić information content (AvgIpc) is 3.11. The molecule has 0 saturated heterocycles. The third kappa shape index (κ3) is 6.99. The van der Waals surface area contributed by atoms with Crippen molar-refractivity contribution >= 4 is 29.7 Å². The Balaban J connectivity index is 1.36. The van der Waals surface area contributed by atoms with E-state index < -0.39 is 12.1 Å². The van der Waals surface area contributed by atoms with Gasteiger partial charge in [0, 0.05) is 24.3 Å². The number of thioether (sulfide) groups is 1. The summed E-state index contributed by atoms with van der Waals surface area (Å²) in [5.41, 5.74) is 4.69. The summed E-state index contributed by atoms with van der Waals surface area (Å²) >= 11 is 1.38. The van der Waals surface area contributed by atoms with Gasteiger partial charge in [-0.1, -0.05) is 61.9 Å². The maximum atomic E-state index is 12.2. The molecule has 0 aromatic heterocycles.